The number of rotatable bonds is 3. The Bertz CT molecular complexity index is 1140. The van der Waals surface area contributed by atoms with Gasteiger partial charge in [0.25, 0.3) is 0 Å². The van der Waals surface area contributed by atoms with Crippen molar-refractivity contribution in [1.82, 2.24) is 18.7 Å². The van der Waals surface area contributed by atoms with Crippen LogP contribution >= 0.6 is 11.3 Å². The van der Waals surface area contributed by atoms with Crippen LogP contribution in [0.25, 0.3) is 10.2 Å². The molecule has 0 bridgehead atoms. The molecule has 1 unspecified atom stereocenters. The lowest BCUT2D eigenvalue weighted by Crippen LogP contribution is -2.35. The molecule has 2 aromatic heterocycles. The van der Waals surface area contributed by atoms with E-state index >= 15 is 0 Å². The number of fused-ring (bicyclic) bond motifs is 1. The molecule has 4 rings (SSSR count). The summed E-state index contributed by atoms with van der Waals surface area (Å²) >= 11 is 1.07. The highest BCUT2D eigenvalue weighted by molar-refractivity contribution is 7.89. The van der Waals surface area contributed by atoms with E-state index in [4.69, 9.17) is 0 Å². The molecule has 3 heterocycles. The van der Waals surface area contributed by atoms with Gasteiger partial charge in [0.2, 0.25) is 10.0 Å². The van der Waals surface area contributed by atoms with Crippen LogP contribution in [-0.2, 0) is 24.1 Å². The standard InChI is InChI=1S/C18H22N4O3S2/c1-20-11-9-14(19-20)15-6-4-3-5-10-22(15)27(24,25)13-7-8-16-17(12-13)26-18(23)21(16)2/h7-9,11-12,15H,3-6,10H2,1-2H3. The number of aryl methyl sites for hydroxylation is 2. The van der Waals surface area contributed by atoms with Crippen LogP contribution in [0.3, 0.4) is 0 Å². The summed E-state index contributed by atoms with van der Waals surface area (Å²) in [6.45, 7) is 0.479. The van der Waals surface area contributed by atoms with Gasteiger partial charge in [-0.25, -0.2) is 8.42 Å². The molecule has 1 atom stereocenters. The van der Waals surface area contributed by atoms with Gasteiger partial charge in [-0.15, -0.1) is 0 Å². The van der Waals surface area contributed by atoms with Gasteiger partial charge in [0.05, 0.1) is 26.8 Å². The number of hydrogen-bond donors (Lipinski definition) is 0. The Labute approximate surface area is 161 Å². The topological polar surface area (TPSA) is 77.2 Å². The van der Waals surface area contributed by atoms with E-state index in [1.54, 1.807) is 38.8 Å². The third-order valence-electron chi connectivity index (χ3n) is 5.15. The molecule has 144 valence electrons. The maximum absolute atomic E-state index is 13.5. The summed E-state index contributed by atoms with van der Waals surface area (Å²) < 4.78 is 32.5. The number of nitrogens with zero attached hydrogens (tertiary/aromatic N) is 4. The Hall–Kier alpha value is -1.97. The summed E-state index contributed by atoms with van der Waals surface area (Å²) in [6, 6.07) is 6.57. The Morgan fingerprint density at radius 2 is 1.96 bits per heavy atom. The molecule has 1 fully saturated rings. The van der Waals surface area contributed by atoms with Gasteiger partial charge in [-0.2, -0.15) is 9.40 Å². The first-order valence-electron chi connectivity index (χ1n) is 8.99. The zero-order valence-corrected chi connectivity index (χ0v) is 17.0. The minimum atomic E-state index is -3.69. The molecule has 1 saturated heterocycles. The first kappa shape index (κ1) is 18.4. The van der Waals surface area contributed by atoms with E-state index in [0.29, 0.717) is 11.2 Å². The summed E-state index contributed by atoms with van der Waals surface area (Å²) in [5.74, 6) is 0. The molecule has 9 heteroatoms. The van der Waals surface area contributed by atoms with Crippen molar-refractivity contribution >= 4 is 31.6 Å². The van der Waals surface area contributed by atoms with Gasteiger partial charge in [-0.3, -0.25) is 9.48 Å². The van der Waals surface area contributed by atoms with E-state index in [2.05, 4.69) is 5.10 Å². The van der Waals surface area contributed by atoms with Gasteiger partial charge in [0, 0.05) is 26.8 Å². The van der Waals surface area contributed by atoms with Crippen LogP contribution in [0.2, 0.25) is 0 Å². The van der Waals surface area contributed by atoms with Crippen molar-refractivity contribution in [2.45, 2.75) is 36.6 Å². The van der Waals surface area contributed by atoms with Crippen molar-refractivity contribution < 1.29 is 8.42 Å². The lowest BCUT2D eigenvalue weighted by atomic mass is 10.1. The third-order valence-corrected chi connectivity index (χ3v) is 8.05. The molecule has 7 nitrogen and oxygen atoms in total. The average molecular weight is 407 g/mol. The molecule has 0 radical (unpaired) electrons. The van der Waals surface area contributed by atoms with Crippen LogP contribution in [0.5, 0.6) is 0 Å². The molecule has 0 aliphatic carbocycles. The predicted octanol–water partition coefficient (Wildman–Crippen LogP) is 2.64. The van der Waals surface area contributed by atoms with Crippen molar-refractivity contribution in [2.75, 3.05) is 6.54 Å². The Kier molecular flexibility index (Phi) is 4.69. The van der Waals surface area contributed by atoms with E-state index in [0.717, 1.165) is 48.2 Å². The monoisotopic (exact) mass is 406 g/mol. The first-order chi connectivity index (χ1) is 12.9. The molecule has 0 spiro atoms. The lowest BCUT2D eigenvalue weighted by molar-refractivity contribution is 0.321. The molecule has 3 aromatic rings. The molecule has 1 aromatic carbocycles. The zero-order chi connectivity index (χ0) is 19.2. The molecule has 0 N–H and O–H groups in total. The highest BCUT2D eigenvalue weighted by atomic mass is 32.2. The fourth-order valence-corrected chi connectivity index (χ4v) is 6.37. The largest absolute Gasteiger partial charge is 0.307 e. The Balaban J connectivity index is 1.79. The zero-order valence-electron chi connectivity index (χ0n) is 15.3. The number of thiazole rings is 1. The normalized spacial score (nSPS) is 19.4. The molecule has 0 amide bonds. The predicted molar refractivity (Wildman–Crippen MR) is 105 cm³/mol. The maximum Gasteiger partial charge on any atom is 0.307 e. The minimum Gasteiger partial charge on any atom is -0.302 e. The molecular weight excluding hydrogens is 384 g/mol. The van der Waals surface area contributed by atoms with Crippen molar-refractivity contribution in [3.05, 3.63) is 45.8 Å². The SMILES string of the molecule is Cn1ccc(C2CCCCCN2S(=O)(=O)c2ccc3c(c2)sc(=O)n3C)n1. The number of aromatic nitrogens is 3. The van der Waals surface area contributed by atoms with Gasteiger partial charge in [-0.1, -0.05) is 24.2 Å². The maximum atomic E-state index is 13.5. The minimum absolute atomic E-state index is 0.0966. The van der Waals surface area contributed by atoms with Gasteiger partial charge in [0.15, 0.2) is 0 Å². The first-order valence-corrected chi connectivity index (χ1v) is 11.2. The van der Waals surface area contributed by atoms with Crippen LogP contribution in [0, 0.1) is 0 Å². The second kappa shape index (κ2) is 6.88. The van der Waals surface area contributed by atoms with Gasteiger partial charge in [-0.05, 0) is 37.1 Å². The van der Waals surface area contributed by atoms with Gasteiger partial charge < -0.3 is 4.57 Å². The van der Waals surface area contributed by atoms with E-state index in [1.165, 1.54) is 0 Å². The molecule has 0 saturated carbocycles. The number of benzene rings is 1. The highest BCUT2D eigenvalue weighted by Gasteiger charge is 2.34. The second-order valence-corrected chi connectivity index (χ2v) is 9.84. The van der Waals surface area contributed by atoms with Crippen LogP contribution < -0.4 is 4.87 Å². The highest BCUT2D eigenvalue weighted by Crippen LogP contribution is 2.34. The van der Waals surface area contributed by atoms with Crippen LogP contribution in [-0.4, -0.2) is 33.6 Å². The van der Waals surface area contributed by atoms with E-state index in [1.807, 2.05) is 19.3 Å². The molecular formula is C18H22N4O3S2. The molecule has 1 aliphatic rings. The number of sulfonamides is 1. The Morgan fingerprint density at radius 3 is 2.70 bits per heavy atom. The fourth-order valence-electron chi connectivity index (χ4n) is 3.69. The fraction of sp³-hybridized carbons (Fsp3) is 0.444. The van der Waals surface area contributed by atoms with E-state index in [-0.39, 0.29) is 15.8 Å². The third kappa shape index (κ3) is 3.24. The lowest BCUT2D eigenvalue weighted by Gasteiger charge is -2.28. The molecule has 1 aliphatic heterocycles. The summed E-state index contributed by atoms with van der Waals surface area (Å²) in [5, 5.41) is 4.47. The summed E-state index contributed by atoms with van der Waals surface area (Å²) in [5.41, 5.74) is 1.54. The van der Waals surface area contributed by atoms with Crippen molar-refractivity contribution in [1.29, 1.82) is 0 Å². The quantitative estimate of drug-likeness (QED) is 0.670. The van der Waals surface area contributed by atoms with Crippen LogP contribution in [0.1, 0.15) is 37.4 Å². The summed E-state index contributed by atoms with van der Waals surface area (Å²) in [7, 11) is -0.156. The molecule has 27 heavy (non-hydrogen) atoms. The Morgan fingerprint density at radius 1 is 1.15 bits per heavy atom. The smallest absolute Gasteiger partial charge is 0.302 e. The van der Waals surface area contributed by atoms with E-state index < -0.39 is 10.0 Å². The average Bonchev–Trinajstić information content (AvgIpc) is 3.07. The van der Waals surface area contributed by atoms with Crippen molar-refractivity contribution in [2.24, 2.45) is 14.1 Å². The number of hydrogen-bond acceptors (Lipinski definition) is 5. The van der Waals surface area contributed by atoms with Gasteiger partial charge in [0.1, 0.15) is 0 Å². The summed E-state index contributed by atoms with van der Waals surface area (Å²) in [6.07, 6.45) is 5.43. The van der Waals surface area contributed by atoms with Gasteiger partial charge >= 0.3 is 4.87 Å². The van der Waals surface area contributed by atoms with Crippen molar-refractivity contribution in [3.8, 4) is 0 Å². The second-order valence-electron chi connectivity index (χ2n) is 6.95. The van der Waals surface area contributed by atoms with E-state index in [9.17, 15) is 13.2 Å². The van der Waals surface area contributed by atoms with Crippen LogP contribution in [0.15, 0.2) is 40.2 Å². The summed E-state index contributed by atoms with van der Waals surface area (Å²) in [4.78, 5) is 12.0. The van der Waals surface area contributed by atoms with Crippen molar-refractivity contribution in [3.63, 3.8) is 0 Å². The van der Waals surface area contributed by atoms with Crippen LogP contribution in [0.4, 0.5) is 0 Å².